The Bertz CT molecular complexity index is 236. The van der Waals surface area contributed by atoms with Crippen molar-refractivity contribution >= 4 is 8.74 Å². The average molecular weight is 202 g/mol. The number of hydrogen-bond acceptors (Lipinski definition) is 2. The predicted molar refractivity (Wildman–Crippen MR) is 47.2 cm³/mol. The Morgan fingerprint density at radius 3 is 2.23 bits per heavy atom. The zero-order valence-corrected chi connectivity index (χ0v) is 8.72. The molecule has 0 aliphatic carbocycles. The van der Waals surface area contributed by atoms with E-state index in [-0.39, 0.29) is 12.8 Å². The molecule has 0 aromatic heterocycles. The van der Waals surface area contributed by atoms with Gasteiger partial charge in [0, 0.05) is 12.0 Å². The second kappa shape index (κ2) is 4.93. The fourth-order valence-corrected chi connectivity index (χ4v) is 1.95. The van der Waals surface area contributed by atoms with E-state index in [0.717, 1.165) is 6.55 Å². The summed E-state index contributed by atoms with van der Waals surface area (Å²) < 4.78 is 25.8. The molecule has 0 saturated carbocycles. The van der Waals surface area contributed by atoms with Crippen LogP contribution in [0.1, 0.15) is 19.8 Å². The molecule has 72 valence electrons. The standard InChI is InChI=1S/C8H12F2N2Si/c1-7(13(2,9)10)8(6-12)4-3-5-11/h7-8H,3-4H2,1-2H3. The van der Waals surface area contributed by atoms with Gasteiger partial charge in [-0.05, 0) is 13.0 Å². The molecule has 0 heterocycles. The molecule has 2 nitrogen and oxygen atoms in total. The molecule has 13 heavy (non-hydrogen) atoms. The van der Waals surface area contributed by atoms with Crippen LogP contribution in [0.25, 0.3) is 0 Å². The van der Waals surface area contributed by atoms with Gasteiger partial charge >= 0.3 is 8.74 Å². The van der Waals surface area contributed by atoms with Crippen molar-refractivity contribution in [2.45, 2.75) is 31.9 Å². The van der Waals surface area contributed by atoms with Crippen molar-refractivity contribution in [3.63, 3.8) is 0 Å². The van der Waals surface area contributed by atoms with Crippen LogP contribution in [0.2, 0.25) is 12.1 Å². The summed E-state index contributed by atoms with van der Waals surface area (Å²) >= 11 is 0. The summed E-state index contributed by atoms with van der Waals surface area (Å²) in [6.45, 7) is 2.34. The van der Waals surface area contributed by atoms with Gasteiger partial charge in [0.15, 0.2) is 0 Å². The maximum absolute atomic E-state index is 12.9. The Hall–Kier alpha value is -0.943. The molecule has 0 aromatic rings. The van der Waals surface area contributed by atoms with E-state index in [1.54, 1.807) is 0 Å². The van der Waals surface area contributed by atoms with E-state index in [4.69, 9.17) is 10.5 Å². The van der Waals surface area contributed by atoms with Crippen LogP contribution in [0.15, 0.2) is 0 Å². The molecule has 0 aliphatic rings. The van der Waals surface area contributed by atoms with Gasteiger partial charge in [0.05, 0.1) is 18.1 Å². The highest BCUT2D eigenvalue weighted by atomic mass is 28.4. The van der Waals surface area contributed by atoms with Gasteiger partial charge in [0.25, 0.3) is 0 Å². The highest BCUT2D eigenvalue weighted by Crippen LogP contribution is 2.33. The summed E-state index contributed by atoms with van der Waals surface area (Å²) in [5, 5.41) is 16.9. The zero-order valence-electron chi connectivity index (χ0n) is 7.72. The highest BCUT2D eigenvalue weighted by molar-refractivity contribution is 6.66. The van der Waals surface area contributed by atoms with Gasteiger partial charge in [-0.1, -0.05) is 6.92 Å². The van der Waals surface area contributed by atoms with E-state index in [1.165, 1.54) is 6.92 Å². The Morgan fingerprint density at radius 2 is 1.92 bits per heavy atom. The smallest absolute Gasteiger partial charge is 0.270 e. The molecule has 5 heteroatoms. The molecule has 0 bridgehead atoms. The second-order valence-electron chi connectivity index (χ2n) is 3.18. The molecule has 0 N–H and O–H groups in total. The van der Waals surface area contributed by atoms with Gasteiger partial charge in [-0.15, -0.1) is 0 Å². The topological polar surface area (TPSA) is 47.6 Å². The van der Waals surface area contributed by atoms with Crippen molar-refractivity contribution in [2.75, 3.05) is 0 Å². The van der Waals surface area contributed by atoms with E-state index in [2.05, 4.69) is 0 Å². The van der Waals surface area contributed by atoms with Crippen LogP contribution in [-0.4, -0.2) is 8.74 Å². The van der Waals surface area contributed by atoms with Gasteiger partial charge < -0.3 is 0 Å². The SMILES string of the molecule is CC(C(C#N)CCC#N)[Si](C)(F)F. The molecule has 0 rings (SSSR count). The summed E-state index contributed by atoms with van der Waals surface area (Å²) in [4.78, 5) is 0. The van der Waals surface area contributed by atoms with Crippen LogP contribution in [0, 0.1) is 28.6 Å². The molecular weight excluding hydrogens is 190 g/mol. The molecule has 0 amide bonds. The van der Waals surface area contributed by atoms with Crippen LogP contribution in [0.3, 0.4) is 0 Å². The monoisotopic (exact) mass is 202 g/mol. The Labute approximate surface area is 78.1 Å². The van der Waals surface area contributed by atoms with Crippen molar-refractivity contribution in [3.8, 4) is 12.1 Å². The van der Waals surface area contributed by atoms with Gasteiger partial charge in [-0.2, -0.15) is 10.5 Å². The third kappa shape index (κ3) is 4.00. The first-order chi connectivity index (χ1) is 5.93. The molecule has 2 atom stereocenters. The molecule has 2 unspecified atom stereocenters. The second-order valence-corrected chi connectivity index (χ2v) is 6.00. The minimum atomic E-state index is -4.23. The lowest BCUT2D eigenvalue weighted by atomic mass is 10.0. The number of nitrogens with zero attached hydrogens (tertiary/aromatic N) is 2. The number of rotatable bonds is 4. The van der Waals surface area contributed by atoms with Crippen LogP contribution in [-0.2, 0) is 0 Å². The molecule has 0 fully saturated rings. The largest absolute Gasteiger partial charge is 0.426 e. The summed E-state index contributed by atoms with van der Waals surface area (Å²) in [6, 6.07) is 3.71. The number of halogens is 2. The fourth-order valence-electron chi connectivity index (χ4n) is 1.000. The minimum Gasteiger partial charge on any atom is -0.270 e. The Balaban J connectivity index is 4.28. The van der Waals surface area contributed by atoms with Crippen molar-refractivity contribution in [2.24, 2.45) is 5.92 Å². The summed E-state index contributed by atoms with van der Waals surface area (Å²) in [7, 11) is -4.23. The van der Waals surface area contributed by atoms with E-state index < -0.39 is 20.2 Å². The van der Waals surface area contributed by atoms with Gasteiger partial charge in [-0.25, -0.2) is 0 Å². The third-order valence-corrected chi connectivity index (χ3v) is 4.14. The van der Waals surface area contributed by atoms with Gasteiger partial charge in [0.1, 0.15) is 0 Å². The van der Waals surface area contributed by atoms with Crippen LogP contribution >= 0.6 is 0 Å². The summed E-state index contributed by atoms with van der Waals surface area (Å²) in [5.41, 5.74) is -0.856. The molecule has 0 saturated heterocycles. The first kappa shape index (κ1) is 12.1. The van der Waals surface area contributed by atoms with Crippen molar-refractivity contribution in [1.29, 1.82) is 10.5 Å². The Morgan fingerprint density at radius 1 is 1.38 bits per heavy atom. The third-order valence-electron chi connectivity index (χ3n) is 2.14. The van der Waals surface area contributed by atoms with E-state index in [9.17, 15) is 8.22 Å². The lowest BCUT2D eigenvalue weighted by molar-refractivity contribution is 0.489. The normalized spacial score (nSPS) is 15.5. The summed E-state index contributed by atoms with van der Waals surface area (Å²) in [5.74, 6) is -0.675. The minimum absolute atomic E-state index is 0.174. The molecule has 0 aromatic carbocycles. The van der Waals surface area contributed by atoms with Gasteiger partial charge in [-0.3, -0.25) is 8.22 Å². The van der Waals surface area contributed by atoms with Gasteiger partial charge in [0.2, 0.25) is 0 Å². The quantitative estimate of drug-likeness (QED) is 0.520. The molecular formula is C8H12F2N2Si. The van der Waals surface area contributed by atoms with Crippen LogP contribution in [0.4, 0.5) is 8.22 Å². The number of hydrogen-bond donors (Lipinski definition) is 0. The number of nitriles is 2. The van der Waals surface area contributed by atoms with Crippen molar-refractivity contribution in [3.05, 3.63) is 0 Å². The maximum Gasteiger partial charge on any atom is 0.426 e. The highest BCUT2D eigenvalue weighted by Gasteiger charge is 2.40. The zero-order chi connectivity index (χ0) is 10.5. The molecule has 0 aliphatic heterocycles. The van der Waals surface area contributed by atoms with Crippen molar-refractivity contribution in [1.82, 2.24) is 0 Å². The predicted octanol–water partition coefficient (Wildman–Crippen LogP) is 2.83. The summed E-state index contributed by atoms with van der Waals surface area (Å²) in [6.07, 6.45) is 0.428. The first-order valence-corrected chi connectivity index (χ1v) is 6.41. The lowest BCUT2D eigenvalue weighted by Crippen LogP contribution is -2.28. The van der Waals surface area contributed by atoms with E-state index in [1.807, 2.05) is 12.1 Å². The van der Waals surface area contributed by atoms with Crippen molar-refractivity contribution < 1.29 is 8.22 Å². The molecule has 0 radical (unpaired) electrons. The van der Waals surface area contributed by atoms with E-state index in [0.29, 0.717) is 0 Å². The maximum atomic E-state index is 12.9. The Kier molecular flexibility index (Phi) is 4.57. The fraction of sp³-hybridized carbons (Fsp3) is 0.750. The lowest BCUT2D eigenvalue weighted by Gasteiger charge is -2.20. The average Bonchev–Trinajstić information content (AvgIpc) is 2.04. The van der Waals surface area contributed by atoms with Crippen LogP contribution in [0.5, 0.6) is 0 Å². The van der Waals surface area contributed by atoms with Crippen LogP contribution < -0.4 is 0 Å². The molecule has 0 spiro atoms. The van der Waals surface area contributed by atoms with E-state index >= 15 is 0 Å². The first-order valence-electron chi connectivity index (χ1n) is 4.08.